The average Bonchev–Trinajstić information content (AvgIpc) is 2.97. The summed E-state index contributed by atoms with van der Waals surface area (Å²) in [5, 5.41) is 9.47. The molecule has 0 saturated carbocycles. The van der Waals surface area contributed by atoms with Crippen molar-refractivity contribution in [3.63, 3.8) is 0 Å². The number of allylic oxidation sites excluding steroid dienone is 1. The van der Waals surface area contributed by atoms with Crippen molar-refractivity contribution in [3.05, 3.63) is 48.0 Å². The molecule has 1 N–H and O–H groups in total. The fourth-order valence-electron chi connectivity index (χ4n) is 3.00. The zero-order valence-electron chi connectivity index (χ0n) is 16.3. The Labute approximate surface area is 161 Å². The van der Waals surface area contributed by atoms with Gasteiger partial charge in [0.2, 0.25) is 0 Å². The van der Waals surface area contributed by atoms with E-state index in [0.717, 1.165) is 5.56 Å². The van der Waals surface area contributed by atoms with Crippen molar-refractivity contribution in [2.45, 2.75) is 51.3 Å². The van der Waals surface area contributed by atoms with Crippen molar-refractivity contribution >= 4 is 5.97 Å². The lowest BCUT2D eigenvalue weighted by molar-refractivity contribution is -0.146. The molecule has 150 valence electrons. The molecule has 1 heterocycles. The van der Waals surface area contributed by atoms with Crippen molar-refractivity contribution < 1.29 is 28.8 Å². The monoisotopic (exact) mass is 378 g/mol. The summed E-state index contributed by atoms with van der Waals surface area (Å²) in [6, 6.07) is 9.95. The molecule has 1 aliphatic rings. The van der Waals surface area contributed by atoms with Crippen LogP contribution < -0.4 is 0 Å². The minimum Gasteiger partial charge on any atom is -0.469 e. The van der Waals surface area contributed by atoms with E-state index in [9.17, 15) is 9.90 Å². The van der Waals surface area contributed by atoms with E-state index >= 15 is 0 Å². The number of rotatable bonds is 10. The highest BCUT2D eigenvalue weighted by Gasteiger charge is 2.39. The Hall–Kier alpha value is -1.73. The number of aliphatic hydroxyl groups excluding tert-OH is 1. The lowest BCUT2D eigenvalue weighted by Gasteiger charge is -2.16. The van der Waals surface area contributed by atoms with Gasteiger partial charge in [0.25, 0.3) is 0 Å². The summed E-state index contributed by atoms with van der Waals surface area (Å²) in [5.74, 6) is -1.05. The van der Waals surface area contributed by atoms with E-state index in [-0.39, 0.29) is 31.0 Å². The molecule has 6 nitrogen and oxygen atoms in total. The maximum atomic E-state index is 11.7. The Morgan fingerprint density at radius 2 is 2.04 bits per heavy atom. The second-order valence-corrected chi connectivity index (χ2v) is 7.07. The van der Waals surface area contributed by atoms with Gasteiger partial charge in [-0.1, -0.05) is 42.5 Å². The summed E-state index contributed by atoms with van der Waals surface area (Å²) < 4.78 is 22.0. The minimum atomic E-state index is -0.737. The van der Waals surface area contributed by atoms with Gasteiger partial charge >= 0.3 is 5.97 Å². The number of hydrogen-bond acceptors (Lipinski definition) is 6. The van der Waals surface area contributed by atoms with E-state index in [1.807, 2.05) is 56.3 Å². The Balaban J connectivity index is 1.88. The predicted octanol–water partition coefficient (Wildman–Crippen LogP) is 2.84. The van der Waals surface area contributed by atoms with Crippen LogP contribution in [-0.2, 0) is 30.3 Å². The molecule has 1 aromatic carbocycles. The zero-order chi connectivity index (χ0) is 19.7. The van der Waals surface area contributed by atoms with Gasteiger partial charge in [0.05, 0.1) is 26.7 Å². The van der Waals surface area contributed by atoms with Gasteiger partial charge in [0, 0.05) is 6.61 Å². The van der Waals surface area contributed by atoms with Crippen LogP contribution in [0.2, 0.25) is 0 Å². The molecule has 3 atom stereocenters. The number of esters is 1. The fourth-order valence-corrected chi connectivity index (χ4v) is 3.00. The molecule has 1 unspecified atom stereocenters. The van der Waals surface area contributed by atoms with Gasteiger partial charge in [-0.3, -0.25) is 4.79 Å². The molecule has 0 spiro atoms. The van der Waals surface area contributed by atoms with Crippen LogP contribution in [0.4, 0.5) is 0 Å². The van der Waals surface area contributed by atoms with Crippen LogP contribution in [0.5, 0.6) is 0 Å². The van der Waals surface area contributed by atoms with Gasteiger partial charge in [-0.25, -0.2) is 0 Å². The second kappa shape index (κ2) is 10.6. The molecule has 1 aromatic rings. The minimum absolute atomic E-state index is 0.0418. The molecule has 0 radical (unpaired) electrons. The smallest absolute Gasteiger partial charge is 0.306 e. The maximum Gasteiger partial charge on any atom is 0.306 e. The van der Waals surface area contributed by atoms with Crippen LogP contribution in [0, 0.1) is 5.92 Å². The number of carbonyl (C=O) groups is 1. The highest BCUT2D eigenvalue weighted by molar-refractivity contribution is 5.69. The summed E-state index contributed by atoms with van der Waals surface area (Å²) in [6.45, 7) is 4.56. The van der Waals surface area contributed by atoms with E-state index < -0.39 is 11.9 Å². The lowest BCUT2D eigenvalue weighted by atomic mass is 10.00. The van der Waals surface area contributed by atoms with Crippen LogP contribution in [0.15, 0.2) is 42.5 Å². The molecule has 2 rings (SSSR count). The first-order valence-electron chi connectivity index (χ1n) is 9.27. The Bertz CT molecular complexity index is 598. The van der Waals surface area contributed by atoms with Gasteiger partial charge in [-0.15, -0.1) is 0 Å². The molecule has 1 aliphatic heterocycles. The van der Waals surface area contributed by atoms with Crippen molar-refractivity contribution in [1.29, 1.82) is 0 Å². The quantitative estimate of drug-likeness (QED) is 0.383. The second-order valence-electron chi connectivity index (χ2n) is 7.07. The lowest BCUT2D eigenvalue weighted by Crippen LogP contribution is -2.25. The maximum absolute atomic E-state index is 11.7. The normalized spacial score (nSPS) is 22.8. The largest absolute Gasteiger partial charge is 0.469 e. The first kappa shape index (κ1) is 21.6. The number of aliphatic hydroxyl groups is 1. The van der Waals surface area contributed by atoms with Crippen LogP contribution >= 0.6 is 0 Å². The number of carbonyl (C=O) groups excluding carboxylic acids is 1. The van der Waals surface area contributed by atoms with Crippen LogP contribution in [0.3, 0.4) is 0 Å². The van der Waals surface area contributed by atoms with Crippen LogP contribution in [0.1, 0.15) is 32.3 Å². The third-order valence-corrected chi connectivity index (χ3v) is 4.38. The number of methoxy groups -OCH3 is 1. The summed E-state index contributed by atoms with van der Waals surface area (Å²) in [4.78, 5) is 11.7. The summed E-state index contributed by atoms with van der Waals surface area (Å²) >= 11 is 0. The summed E-state index contributed by atoms with van der Waals surface area (Å²) in [6.07, 6.45) is 3.97. The number of benzene rings is 1. The standard InChI is InChI=1S/C21H30O6/c1-21(2)26-18(19(14-22)27-21)10-9-16(13-20(23)24-3)11-12-25-15-17-7-5-4-6-8-17/h4-10,16,18-19,22H,11-15H2,1-3H3/t16-,18+,19?/m1/s1. The third kappa shape index (κ3) is 7.42. The van der Waals surface area contributed by atoms with Crippen molar-refractivity contribution in [1.82, 2.24) is 0 Å². The predicted molar refractivity (Wildman–Crippen MR) is 101 cm³/mol. The van der Waals surface area contributed by atoms with Gasteiger partial charge in [0.1, 0.15) is 12.2 Å². The van der Waals surface area contributed by atoms with Gasteiger partial charge in [-0.2, -0.15) is 0 Å². The van der Waals surface area contributed by atoms with E-state index in [4.69, 9.17) is 18.9 Å². The van der Waals surface area contributed by atoms with Crippen molar-refractivity contribution in [2.24, 2.45) is 5.92 Å². The van der Waals surface area contributed by atoms with Gasteiger partial charge in [-0.05, 0) is 31.7 Å². The molecule has 27 heavy (non-hydrogen) atoms. The molecule has 0 amide bonds. The molecular formula is C21H30O6. The van der Waals surface area contributed by atoms with E-state index in [0.29, 0.717) is 19.6 Å². The van der Waals surface area contributed by atoms with E-state index in [1.54, 1.807) is 0 Å². The van der Waals surface area contributed by atoms with Crippen LogP contribution in [-0.4, -0.2) is 49.4 Å². The highest BCUT2D eigenvalue weighted by Crippen LogP contribution is 2.29. The Kier molecular flexibility index (Phi) is 8.44. The molecule has 1 saturated heterocycles. The molecule has 0 aromatic heterocycles. The van der Waals surface area contributed by atoms with Gasteiger partial charge < -0.3 is 24.1 Å². The fraction of sp³-hybridized carbons (Fsp3) is 0.571. The molecular weight excluding hydrogens is 348 g/mol. The molecule has 0 bridgehead atoms. The van der Waals surface area contributed by atoms with Gasteiger partial charge in [0.15, 0.2) is 5.79 Å². The number of hydrogen-bond donors (Lipinski definition) is 1. The Morgan fingerprint density at radius 3 is 2.70 bits per heavy atom. The molecule has 6 heteroatoms. The van der Waals surface area contributed by atoms with Crippen LogP contribution in [0.25, 0.3) is 0 Å². The number of ether oxygens (including phenoxy) is 4. The Morgan fingerprint density at radius 1 is 1.30 bits per heavy atom. The average molecular weight is 378 g/mol. The molecule has 1 fully saturated rings. The van der Waals surface area contributed by atoms with Crippen molar-refractivity contribution in [2.75, 3.05) is 20.3 Å². The van der Waals surface area contributed by atoms with Crippen molar-refractivity contribution in [3.8, 4) is 0 Å². The highest BCUT2D eigenvalue weighted by atomic mass is 16.8. The van der Waals surface area contributed by atoms with E-state index in [2.05, 4.69) is 0 Å². The topological polar surface area (TPSA) is 74.2 Å². The first-order valence-corrected chi connectivity index (χ1v) is 9.27. The summed E-state index contributed by atoms with van der Waals surface area (Å²) in [7, 11) is 1.38. The first-order chi connectivity index (χ1) is 12.9. The molecule has 0 aliphatic carbocycles. The third-order valence-electron chi connectivity index (χ3n) is 4.38. The zero-order valence-corrected chi connectivity index (χ0v) is 16.3. The SMILES string of the molecule is COC(=O)C[C@H](C=C[C@@H]1OC(C)(C)OC1CO)CCOCc1ccccc1. The summed E-state index contributed by atoms with van der Waals surface area (Å²) in [5.41, 5.74) is 1.11. The van der Waals surface area contributed by atoms with E-state index in [1.165, 1.54) is 7.11 Å².